The Morgan fingerprint density at radius 2 is 2.20 bits per heavy atom. The van der Waals surface area contributed by atoms with Crippen LogP contribution in [0.3, 0.4) is 0 Å². The highest BCUT2D eigenvalue weighted by atomic mass is 32.1. The van der Waals surface area contributed by atoms with Crippen molar-refractivity contribution in [1.29, 1.82) is 0 Å². The summed E-state index contributed by atoms with van der Waals surface area (Å²) in [7, 11) is 0. The number of alkyl halides is 2. The van der Waals surface area contributed by atoms with Gasteiger partial charge in [0.05, 0.1) is 6.61 Å². The van der Waals surface area contributed by atoms with Crippen molar-refractivity contribution in [3.8, 4) is 0 Å². The van der Waals surface area contributed by atoms with Crippen molar-refractivity contribution in [2.24, 2.45) is 5.73 Å². The number of benzene rings is 1. The number of nitrogens with one attached hydrogen (secondary N) is 1. The van der Waals surface area contributed by atoms with Crippen LogP contribution in [0.1, 0.15) is 17.5 Å². The molecule has 0 aromatic heterocycles. The summed E-state index contributed by atoms with van der Waals surface area (Å²) in [6.45, 7) is -0.351. The lowest BCUT2D eigenvalue weighted by atomic mass is 10.1. The molecule has 7 heteroatoms. The molecule has 0 fully saturated rings. The molecule has 0 atom stereocenters. The lowest BCUT2D eigenvalue weighted by molar-refractivity contribution is -0.122. The zero-order chi connectivity index (χ0) is 15.0. The second-order valence-corrected chi connectivity index (χ2v) is 4.50. The molecule has 3 N–H and O–H groups in total. The minimum absolute atomic E-state index is 0.0247. The molecule has 0 bridgehead atoms. The fraction of sp³-hybridized carbons (Fsp3) is 0.385. The summed E-state index contributed by atoms with van der Waals surface area (Å²) < 4.78 is 28.2. The van der Waals surface area contributed by atoms with Crippen LogP contribution in [0.2, 0.25) is 0 Å². The normalized spacial score (nSPS) is 10.6. The maximum Gasteiger partial charge on any atom is 0.261 e. The number of hydrogen-bond donors (Lipinski definition) is 2. The molecule has 1 amide bonds. The number of halogens is 2. The number of amides is 1. The topological polar surface area (TPSA) is 64.3 Å². The number of hydrogen-bond acceptors (Lipinski definition) is 3. The van der Waals surface area contributed by atoms with Crippen LogP contribution in [-0.4, -0.2) is 30.5 Å². The summed E-state index contributed by atoms with van der Waals surface area (Å²) in [6.07, 6.45) is -2.47. The third-order valence-corrected chi connectivity index (χ3v) is 2.65. The summed E-state index contributed by atoms with van der Waals surface area (Å²) >= 11 is 4.86. The van der Waals surface area contributed by atoms with Gasteiger partial charge in [0.15, 0.2) is 0 Å². The molecule has 20 heavy (non-hydrogen) atoms. The predicted molar refractivity (Wildman–Crippen MR) is 75.6 cm³/mol. The maximum atomic E-state index is 11.8. The fourth-order valence-corrected chi connectivity index (χ4v) is 1.59. The Morgan fingerprint density at radius 1 is 1.45 bits per heavy atom. The first-order chi connectivity index (χ1) is 9.49. The first kappa shape index (κ1) is 16.5. The zero-order valence-electron chi connectivity index (χ0n) is 10.8. The van der Waals surface area contributed by atoms with Gasteiger partial charge in [-0.05, 0) is 11.6 Å². The molecule has 0 aliphatic rings. The molecule has 0 spiro atoms. The second kappa shape index (κ2) is 8.55. The van der Waals surface area contributed by atoms with Crippen LogP contribution >= 0.6 is 12.2 Å². The van der Waals surface area contributed by atoms with Gasteiger partial charge in [0, 0.05) is 18.5 Å². The van der Waals surface area contributed by atoms with Crippen LogP contribution in [0, 0.1) is 0 Å². The molecule has 0 saturated heterocycles. The van der Waals surface area contributed by atoms with Crippen molar-refractivity contribution in [2.75, 3.05) is 13.2 Å². The van der Waals surface area contributed by atoms with Gasteiger partial charge in [0.2, 0.25) is 5.91 Å². The highest BCUT2D eigenvalue weighted by molar-refractivity contribution is 7.80. The van der Waals surface area contributed by atoms with Crippen molar-refractivity contribution < 1.29 is 18.3 Å². The minimum atomic E-state index is -2.51. The van der Waals surface area contributed by atoms with Crippen molar-refractivity contribution in [3.63, 3.8) is 0 Å². The Hall–Kier alpha value is -1.60. The number of thiocarbonyl (C=S) groups is 1. The Balaban J connectivity index is 2.30. The molecule has 1 aromatic carbocycles. The molecule has 0 aliphatic heterocycles. The van der Waals surface area contributed by atoms with Gasteiger partial charge in [-0.2, -0.15) is 0 Å². The van der Waals surface area contributed by atoms with Gasteiger partial charge < -0.3 is 15.8 Å². The first-order valence-corrected chi connectivity index (χ1v) is 6.41. The highest BCUT2D eigenvalue weighted by Gasteiger charge is 2.05. The zero-order valence-corrected chi connectivity index (χ0v) is 11.6. The number of nitrogens with two attached hydrogens (primary N) is 1. The van der Waals surface area contributed by atoms with Crippen molar-refractivity contribution in [1.82, 2.24) is 5.32 Å². The Bertz CT molecular complexity index is 469. The summed E-state index contributed by atoms with van der Waals surface area (Å²) in [6, 6.07) is 7.19. The molecule has 110 valence electrons. The van der Waals surface area contributed by atoms with E-state index in [4.69, 9.17) is 18.0 Å². The second-order valence-electron chi connectivity index (χ2n) is 4.06. The SMILES string of the molecule is NC(=S)c1cccc(CNC(=O)CCOCC(F)F)c1. The molecule has 1 rings (SSSR count). The Morgan fingerprint density at radius 3 is 2.85 bits per heavy atom. The number of carbonyl (C=O) groups is 1. The monoisotopic (exact) mass is 302 g/mol. The molecule has 0 heterocycles. The van der Waals surface area contributed by atoms with Crippen molar-refractivity contribution in [3.05, 3.63) is 35.4 Å². The van der Waals surface area contributed by atoms with Crippen LogP contribution in [0.4, 0.5) is 8.78 Å². The van der Waals surface area contributed by atoms with E-state index in [1.165, 1.54) is 0 Å². The summed E-state index contributed by atoms with van der Waals surface area (Å²) in [5.41, 5.74) is 7.10. The van der Waals surface area contributed by atoms with Gasteiger partial charge in [0.1, 0.15) is 11.6 Å². The fourth-order valence-electron chi connectivity index (χ4n) is 1.46. The summed E-state index contributed by atoms with van der Waals surface area (Å²) in [4.78, 5) is 11.7. The third kappa shape index (κ3) is 6.53. The number of ether oxygens (including phenoxy) is 1. The van der Waals surface area contributed by atoms with E-state index in [1.807, 2.05) is 6.07 Å². The molecule has 0 aliphatic carbocycles. The van der Waals surface area contributed by atoms with E-state index >= 15 is 0 Å². The molecular formula is C13H16F2N2O2S. The van der Waals surface area contributed by atoms with Gasteiger partial charge in [-0.3, -0.25) is 4.79 Å². The molecule has 4 nitrogen and oxygen atoms in total. The number of rotatable bonds is 8. The van der Waals surface area contributed by atoms with E-state index in [0.717, 1.165) is 11.1 Å². The molecule has 0 saturated carbocycles. The number of carbonyl (C=O) groups excluding carboxylic acids is 1. The molecule has 0 radical (unpaired) electrons. The van der Waals surface area contributed by atoms with E-state index in [2.05, 4.69) is 10.1 Å². The van der Waals surface area contributed by atoms with Gasteiger partial charge in [-0.15, -0.1) is 0 Å². The largest absolute Gasteiger partial charge is 0.389 e. The average molecular weight is 302 g/mol. The standard InChI is InChI=1S/C13H16F2N2O2S/c14-11(15)8-19-5-4-12(18)17-7-9-2-1-3-10(6-9)13(16)20/h1-3,6,11H,4-5,7-8H2,(H2,16,20)(H,17,18). The van der Waals surface area contributed by atoms with Gasteiger partial charge in [0.25, 0.3) is 6.43 Å². The average Bonchev–Trinajstić information content (AvgIpc) is 2.41. The van der Waals surface area contributed by atoms with E-state index in [1.54, 1.807) is 18.2 Å². The predicted octanol–water partition coefficient (Wildman–Crippen LogP) is 1.61. The van der Waals surface area contributed by atoms with Crippen LogP contribution in [0.15, 0.2) is 24.3 Å². The molecule has 1 aromatic rings. The van der Waals surface area contributed by atoms with Crippen LogP contribution < -0.4 is 11.1 Å². The van der Waals surface area contributed by atoms with Gasteiger partial charge in [-0.1, -0.05) is 30.4 Å². The summed E-state index contributed by atoms with van der Waals surface area (Å²) in [5.74, 6) is -0.264. The summed E-state index contributed by atoms with van der Waals surface area (Å²) in [5, 5.41) is 2.66. The Labute approximate surface area is 121 Å². The molecule has 0 unspecified atom stereocenters. The first-order valence-electron chi connectivity index (χ1n) is 6.00. The maximum absolute atomic E-state index is 11.8. The van der Waals surface area contributed by atoms with Crippen molar-refractivity contribution >= 4 is 23.1 Å². The van der Waals surface area contributed by atoms with E-state index < -0.39 is 13.0 Å². The third-order valence-electron chi connectivity index (χ3n) is 2.42. The minimum Gasteiger partial charge on any atom is -0.389 e. The van der Waals surface area contributed by atoms with Gasteiger partial charge in [-0.25, -0.2) is 8.78 Å². The Kier molecular flexibility index (Phi) is 7.03. The lowest BCUT2D eigenvalue weighted by Crippen LogP contribution is -2.24. The van der Waals surface area contributed by atoms with E-state index in [0.29, 0.717) is 11.5 Å². The highest BCUT2D eigenvalue weighted by Crippen LogP contribution is 2.05. The van der Waals surface area contributed by atoms with Crippen LogP contribution in [0.25, 0.3) is 0 Å². The lowest BCUT2D eigenvalue weighted by Gasteiger charge is -2.07. The van der Waals surface area contributed by atoms with Crippen molar-refractivity contribution in [2.45, 2.75) is 19.4 Å². The van der Waals surface area contributed by atoms with Crippen LogP contribution in [0.5, 0.6) is 0 Å². The molecular weight excluding hydrogens is 286 g/mol. The van der Waals surface area contributed by atoms with Gasteiger partial charge >= 0.3 is 0 Å². The van der Waals surface area contributed by atoms with E-state index in [-0.39, 0.29) is 18.9 Å². The smallest absolute Gasteiger partial charge is 0.261 e. The quantitative estimate of drug-likeness (QED) is 0.566. The van der Waals surface area contributed by atoms with E-state index in [9.17, 15) is 13.6 Å². The van der Waals surface area contributed by atoms with Crippen LogP contribution in [-0.2, 0) is 16.1 Å².